The predicted molar refractivity (Wildman–Crippen MR) is 103 cm³/mol. The number of amides is 1. The molecule has 0 saturated heterocycles. The number of aliphatic carboxylic acids is 1. The van der Waals surface area contributed by atoms with Crippen molar-refractivity contribution >= 4 is 17.6 Å². The molecule has 3 rings (SSSR count). The highest BCUT2D eigenvalue weighted by molar-refractivity contribution is 6.01. The Morgan fingerprint density at radius 1 is 1.22 bits per heavy atom. The van der Waals surface area contributed by atoms with Crippen LogP contribution in [0.2, 0.25) is 0 Å². The van der Waals surface area contributed by atoms with E-state index >= 15 is 0 Å². The zero-order chi connectivity index (χ0) is 19.4. The van der Waals surface area contributed by atoms with E-state index in [0.29, 0.717) is 30.9 Å². The summed E-state index contributed by atoms with van der Waals surface area (Å²) in [6.45, 7) is 4.54. The van der Waals surface area contributed by atoms with Crippen molar-refractivity contribution in [2.24, 2.45) is 5.92 Å². The number of benzene rings is 2. The fourth-order valence-corrected chi connectivity index (χ4v) is 3.18. The molecule has 2 N–H and O–H groups in total. The fourth-order valence-electron chi connectivity index (χ4n) is 3.18. The van der Waals surface area contributed by atoms with E-state index in [-0.39, 0.29) is 12.1 Å². The number of ether oxygens (including phenoxy) is 1. The molecule has 0 spiro atoms. The van der Waals surface area contributed by atoms with Gasteiger partial charge in [-0.1, -0.05) is 31.2 Å². The zero-order valence-electron chi connectivity index (χ0n) is 15.5. The van der Waals surface area contributed by atoms with E-state index in [1.54, 1.807) is 11.8 Å². The molecule has 6 nitrogen and oxygen atoms in total. The normalized spacial score (nSPS) is 17.0. The molecule has 142 valence electrons. The van der Waals surface area contributed by atoms with Crippen molar-refractivity contribution in [1.82, 2.24) is 4.90 Å². The van der Waals surface area contributed by atoms with Gasteiger partial charge in [0.05, 0.1) is 11.5 Å². The number of rotatable bonds is 7. The van der Waals surface area contributed by atoms with E-state index in [2.05, 4.69) is 5.32 Å². The average Bonchev–Trinajstić information content (AvgIpc) is 2.67. The number of hydrogen-bond donors (Lipinski definition) is 2. The van der Waals surface area contributed by atoms with Gasteiger partial charge in [-0.25, -0.2) is 0 Å². The first-order valence-corrected chi connectivity index (χ1v) is 9.10. The molecule has 27 heavy (non-hydrogen) atoms. The van der Waals surface area contributed by atoms with E-state index in [1.807, 2.05) is 55.5 Å². The molecule has 1 aliphatic rings. The number of anilines is 1. The Balaban J connectivity index is 1.64. The molecule has 2 aromatic carbocycles. The number of carbonyl (C=O) groups excluding carboxylic acids is 1. The molecule has 2 aromatic rings. The second-order valence-electron chi connectivity index (χ2n) is 6.70. The Labute approximate surface area is 158 Å². The largest absolute Gasteiger partial charge is 0.489 e. The third kappa shape index (κ3) is 4.22. The third-order valence-electron chi connectivity index (χ3n) is 4.75. The Morgan fingerprint density at radius 3 is 2.59 bits per heavy atom. The van der Waals surface area contributed by atoms with Gasteiger partial charge in [-0.3, -0.25) is 9.59 Å². The molecule has 1 heterocycles. The van der Waals surface area contributed by atoms with E-state index in [4.69, 9.17) is 9.84 Å². The van der Waals surface area contributed by atoms with Crippen LogP contribution in [0.4, 0.5) is 5.69 Å². The van der Waals surface area contributed by atoms with E-state index < -0.39 is 11.9 Å². The minimum atomic E-state index is -0.802. The summed E-state index contributed by atoms with van der Waals surface area (Å²) in [6.07, 6.45) is 0.235. The Hall–Kier alpha value is -3.02. The number of nitrogens with zero attached hydrogens (tertiary/aromatic N) is 1. The van der Waals surface area contributed by atoms with Gasteiger partial charge >= 0.3 is 5.97 Å². The van der Waals surface area contributed by atoms with Crippen LogP contribution in [0.1, 0.15) is 29.8 Å². The van der Waals surface area contributed by atoms with Crippen molar-refractivity contribution in [2.75, 3.05) is 18.5 Å². The molecular weight excluding hydrogens is 344 g/mol. The van der Waals surface area contributed by atoms with Crippen LogP contribution in [-0.2, 0) is 11.2 Å². The second kappa shape index (κ2) is 8.12. The fraction of sp³-hybridized carbons (Fsp3) is 0.333. The predicted octanol–water partition coefficient (Wildman–Crippen LogP) is 3.24. The maximum atomic E-state index is 12.7. The van der Waals surface area contributed by atoms with Crippen molar-refractivity contribution in [1.29, 1.82) is 0 Å². The number of carboxylic acid groups (broad SMARTS) is 1. The molecule has 0 radical (unpaired) electrons. The lowest BCUT2D eigenvalue weighted by Crippen LogP contribution is -2.51. The molecule has 0 fully saturated rings. The van der Waals surface area contributed by atoms with E-state index in [9.17, 15) is 9.59 Å². The van der Waals surface area contributed by atoms with Crippen LogP contribution in [-0.4, -0.2) is 41.2 Å². The van der Waals surface area contributed by atoms with Crippen LogP contribution in [0.5, 0.6) is 5.75 Å². The minimum absolute atomic E-state index is 0.00143. The number of para-hydroxylation sites is 1. The standard InChI is InChI=1S/C21H24N2O4/c1-3-23-19(22-18-7-5-4-6-17(18)20(23)24)13-27-16-10-8-15(9-11-16)12-14(2)21(25)26/h4-11,14,19,22H,3,12-13H2,1-2H3,(H,25,26). The Kier molecular flexibility index (Phi) is 5.64. The highest BCUT2D eigenvalue weighted by Crippen LogP contribution is 2.25. The van der Waals surface area contributed by atoms with Crippen LogP contribution < -0.4 is 10.1 Å². The van der Waals surface area contributed by atoms with E-state index in [0.717, 1.165) is 11.3 Å². The molecular formula is C21H24N2O4. The van der Waals surface area contributed by atoms with Crippen LogP contribution >= 0.6 is 0 Å². The van der Waals surface area contributed by atoms with Crippen molar-refractivity contribution in [3.63, 3.8) is 0 Å². The van der Waals surface area contributed by atoms with E-state index in [1.165, 1.54) is 0 Å². The molecule has 0 saturated carbocycles. The van der Waals surface area contributed by atoms with Crippen LogP contribution in [0.15, 0.2) is 48.5 Å². The highest BCUT2D eigenvalue weighted by atomic mass is 16.5. The first-order chi connectivity index (χ1) is 13.0. The monoisotopic (exact) mass is 368 g/mol. The van der Waals surface area contributed by atoms with Crippen LogP contribution in [0.3, 0.4) is 0 Å². The zero-order valence-corrected chi connectivity index (χ0v) is 15.5. The van der Waals surface area contributed by atoms with Crippen LogP contribution in [0, 0.1) is 5.92 Å². The molecule has 0 aromatic heterocycles. The Bertz CT molecular complexity index is 819. The summed E-state index contributed by atoms with van der Waals surface area (Å²) in [5.41, 5.74) is 2.44. The van der Waals surface area contributed by atoms with Gasteiger partial charge in [-0.05, 0) is 43.2 Å². The summed E-state index contributed by atoms with van der Waals surface area (Å²) in [4.78, 5) is 25.4. The molecule has 0 bridgehead atoms. The molecule has 0 aliphatic carbocycles. The summed E-state index contributed by atoms with van der Waals surface area (Å²) in [5.74, 6) is -0.542. The van der Waals surface area contributed by atoms with Gasteiger partial charge in [-0.2, -0.15) is 0 Å². The summed E-state index contributed by atoms with van der Waals surface area (Å²) in [5, 5.41) is 12.4. The topological polar surface area (TPSA) is 78.9 Å². The summed E-state index contributed by atoms with van der Waals surface area (Å²) < 4.78 is 5.88. The third-order valence-corrected chi connectivity index (χ3v) is 4.75. The average molecular weight is 368 g/mol. The van der Waals surface area contributed by atoms with Gasteiger partial charge in [-0.15, -0.1) is 0 Å². The summed E-state index contributed by atoms with van der Waals surface area (Å²) in [7, 11) is 0. The number of hydrogen-bond acceptors (Lipinski definition) is 4. The van der Waals surface area contributed by atoms with Crippen molar-refractivity contribution in [2.45, 2.75) is 26.4 Å². The number of likely N-dealkylation sites (N-methyl/N-ethyl adjacent to an activating group) is 1. The maximum Gasteiger partial charge on any atom is 0.306 e. The molecule has 6 heteroatoms. The maximum absolute atomic E-state index is 12.7. The smallest absolute Gasteiger partial charge is 0.306 e. The number of fused-ring (bicyclic) bond motifs is 1. The molecule has 2 atom stereocenters. The Morgan fingerprint density at radius 2 is 1.93 bits per heavy atom. The lowest BCUT2D eigenvalue weighted by molar-refractivity contribution is -0.141. The van der Waals surface area contributed by atoms with Gasteiger partial charge in [0.2, 0.25) is 0 Å². The minimum Gasteiger partial charge on any atom is -0.489 e. The SMILES string of the molecule is CCN1C(=O)c2ccccc2NC1COc1ccc(CC(C)C(=O)O)cc1. The quantitative estimate of drug-likeness (QED) is 0.784. The number of carboxylic acids is 1. The second-order valence-corrected chi connectivity index (χ2v) is 6.70. The highest BCUT2D eigenvalue weighted by Gasteiger charge is 2.30. The van der Waals surface area contributed by atoms with Gasteiger partial charge < -0.3 is 20.1 Å². The number of carbonyl (C=O) groups is 2. The molecule has 1 amide bonds. The molecule has 1 aliphatic heterocycles. The summed E-state index contributed by atoms with van der Waals surface area (Å²) in [6, 6.07) is 14.9. The first kappa shape index (κ1) is 18.8. The van der Waals surface area contributed by atoms with Crippen molar-refractivity contribution in [3.05, 3.63) is 59.7 Å². The lowest BCUT2D eigenvalue weighted by atomic mass is 10.0. The van der Waals surface area contributed by atoms with Crippen molar-refractivity contribution < 1.29 is 19.4 Å². The van der Waals surface area contributed by atoms with Gasteiger partial charge in [0.1, 0.15) is 18.5 Å². The van der Waals surface area contributed by atoms with Gasteiger partial charge in [0.15, 0.2) is 0 Å². The summed E-state index contributed by atoms with van der Waals surface area (Å²) >= 11 is 0. The van der Waals surface area contributed by atoms with Gasteiger partial charge in [0, 0.05) is 12.2 Å². The van der Waals surface area contributed by atoms with Crippen molar-refractivity contribution in [3.8, 4) is 5.75 Å². The lowest BCUT2D eigenvalue weighted by Gasteiger charge is -2.37. The van der Waals surface area contributed by atoms with Crippen LogP contribution in [0.25, 0.3) is 0 Å². The van der Waals surface area contributed by atoms with Gasteiger partial charge in [0.25, 0.3) is 5.91 Å². The molecule has 2 unspecified atom stereocenters. The first-order valence-electron chi connectivity index (χ1n) is 9.10. The number of nitrogens with one attached hydrogen (secondary N) is 1.